The van der Waals surface area contributed by atoms with E-state index in [-0.39, 0.29) is 0 Å². The van der Waals surface area contributed by atoms with Crippen LogP contribution in [0.5, 0.6) is 0 Å². The maximum atomic E-state index is 3.81. The van der Waals surface area contributed by atoms with Crippen molar-refractivity contribution < 1.29 is 0 Å². The monoisotopic (exact) mass is 301 g/mol. The summed E-state index contributed by atoms with van der Waals surface area (Å²) in [5.41, 5.74) is 0.594. The summed E-state index contributed by atoms with van der Waals surface area (Å²) in [6, 6.07) is 0. The van der Waals surface area contributed by atoms with Crippen LogP contribution in [0.3, 0.4) is 0 Å². The number of hydrogen-bond donors (Lipinski definition) is 0. The van der Waals surface area contributed by atoms with Gasteiger partial charge < -0.3 is 4.90 Å². The Hall–Kier alpha value is 0.440. The lowest BCUT2D eigenvalue weighted by Gasteiger charge is -2.39. The van der Waals surface area contributed by atoms with Gasteiger partial charge >= 0.3 is 0 Å². The molecule has 17 heavy (non-hydrogen) atoms. The Bertz CT molecular complexity index is 213. The Morgan fingerprint density at radius 1 is 1.06 bits per heavy atom. The molecule has 1 saturated heterocycles. The van der Waals surface area contributed by atoms with Gasteiger partial charge in [-0.15, -0.1) is 0 Å². The van der Waals surface area contributed by atoms with Gasteiger partial charge in [-0.2, -0.15) is 0 Å². The molecule has 1 heterocycles. The molecule has 1 aliphatic heterocycles. The Balaban J connectivity index is 1.89. The SMILES string of the molecule is CC1CCN(CC2(CBr)CCCCCC2)CC1. The molecule has 0 unspecified atom stereocenters. The van der Waals surface area contributed by atoms with Crippen molar-refractivity contribution in [1.29, 1.82) is 0 Å². The van der Waals surface area contributed by atoms with E-state index in [9.17, 15) is 0 Å². The van der Waals surface area contributed by atoms with Crippen molar-refractivity contribution in [3.63, 3.8) is 0 Å². The fourth-order valence-corrected chi connectivity index (χ4v) is 4.25. The highest BCUT2D eigenvalue weighted by atomic mass is 79.9. The van der Waals surface area contributed by atoms with Crippen LogP contribution in [0.25, 0.3) is 0 Å². The second-order valence-electron chi connectivity index (χ2n) is 6.51. The second-order valence-corrected chi connectivity index (χ2v) is 7.07. The quantitative estimate of drug-likeness (QED) is 0.550. The third kappa shape index (κ3) is 3.96. The zero-order valence-corrected chi connectivity index (χ0v) is 13.0. The summed E-state index contributed by atoms with van der Waals surface area (Å²) in [5.74, 6) is 0.959. The molecule has 1 nitrogen and oxygen atoms in total. The van der Waals surface area contributed by atoms with E-state index in [0.29, 0.717) is 5.41 Å². The highest BCUT2D eigenvalue weighted by Gasteiger charge is 2.32. The zero-order chi connectivity index (χ0) is 12.1. The lowest BCUT2D eigenvalue weighted by Crippen LogP contribution is -2.42. The van der Waals surface area contributed by atoms with E-state index in [2.05, 4.69) is 27.8 Å². The number of hydrogen-bond acceptors (Lipinski definition) is 1. The maximum Gasteiger partial charge on any atom is 0.0100 e. The van der Waals surface area contributed by atoms with Crippen LogP contribution >= 0.6 is 15.9 Å². The number of halogens is 1. The Labute approximate surface area is 115 Å². The first-order chi connectivity index (χ1) is 8.24. The van der Waals surface area contributed by atoms with Crippen LogP contribution in [0.4, 0.5) is 0 Å². The minimum absolute atomic E-state index is 0.594. The van der Waals surface area contributed by atoms with E-state index in [1.165, 1.54) is 76.3 Å². The molecule has 1 saturated carbocycles. The molecule has 0 bridgehead atoms. The fourth-order valence-electron chi connectivity index (χ4n) is 3.51. The van der Waals surface area contributed by atoms with E-state index in [1.807, 2.05) is 0 Å². The average molecular weight is 302 g/mol. The van der Waals surface area contributed by atoms with Gasteiger partial charge in [-0.25, -0.2) is 0 Å². The average Bonchev–Trinajstić information content (AvgIpc) is 2.58. The maximum absolute atomic E-state index is 3.81. The van der Waals surface area contributed by atoms with E-state index < -0.39 is 0 Å². The van der Waals surface area contributed by atoms with Gasteiger partial charge in [0.05, 0.1) is 0 Å². The van der Waals surface area contributed by atoms with Gasteiger partial charge in [-0.3, -0.25) is 0 Å². The van der Waals surface area contributed by atoms with Crippen LogP contribution in [-0.2, 0) is 0 Å². The summed E-state index contributed by atoms with van der Waals surface area (Å²) in [4.78, 5) is 2.74. The van der Waals surface area contributed by atoms with Crippen LogP contribution in [0.15, 0.2) is 0 Å². The van der Waals surface area contributed by atoms with Gasteiger partial charge in [0.25, 0.3) is 0 Å². The number of alkyl halides is 1. The van der Waals surface area contributed by atoms with Crippen LogP contribution in [0.2, 0.25) is 0 Å². The molecular weight excluding hydrogens is 274 g/mol. The first kappa shape index (κ1) is 13.9. The summed E-state index contributed by atoms with van der Waals surface area (Å²) in [5, 5.41) is 1.21. The molecular formula is C15H28BrN. The molecule has 2 aliphatic rings. The molecule has 0 aromatic rings. The molecule has 2 rings (SSSR count). The molecule has 0 atom stereocenters. The van der Waals surface area contributed by atoms with Gasteiger partial charge in [0.1, 0.15) is 0 Å². The van der Waals surface area contributed by atoms with Crippen molar-refractivity contribution in [2.75, 3.05) is 25.0 Å². The predicted octanol–water partition coefficient (Wildman–Crippen LogP) is 4.45. The van der Waals surface area contributed by atoms with Crippen molar-refractivity contribution in [1.82, 2.24) is 4.90 Å². The highest BCUT2D eigenvalue weighted by Crippen LogP contribution is 2.38. The van der Waals surface area contributed by atoms with Crippen LogP contribution in [0.1, 0.15) is 58.3 Å². The zero-order valence-electron chi connectivity index (χ0n) is 11.4. The third-order valence-corrected chi connectivity index (χ3v) is 6.07. The second kappa shape index (κ2) is 6.56. The first-order valence-corrected chi connectivity index (χ1v) is 8.65. The summed E-state index contributed by atoms with van der Waals surface area (Å²) < 4.78 is 0. The summed E-state index contributed by atoms with van der Waals surface area (Å²) in [7, 11) is 0. The molecule has 100 valence electrons. The highest BCUT2D eigenvalue weighted by molar-refractivity contribution is 9.09. The molecule has 0 aromatic heterocycles. The molecule has 0 N–H and O–H groups in total. The largest absolute Gasteiger partial charge is 0.303 e. The first-order valence-electron chi connectivity index (χ1n) is 7.52. The number of piperidine rings is 1. The lowest BCUT2D eigenvalue weighted by molar-refractivity contribution is 0.115. The van der Waals surface area contributed by atoms with Gasteiger partial charge in [-0.1, -0.05) is 48.5 Å². The van der Waals surface area contributed by atoms with Gasteiger partial charge in [0, 0.05) is 11.9 Å². The topological polar surface area (TPSA) is 3.24 Å². The molecule has 0 radical (unpaired) electrons. The third-order valence-electron chi connectivity index (χ3n) is 4.88. The Kier molecular flexibility index (Phi) is 5.35. The van der Waals surface area contributed by atoms with Crippen LogP contribution < -0.4 is 0 Å². The van der Waals surface area contributed by atoms with E-state index >= 15 is 0 Å². The summed E-state index contributed by atoms with van der Waals surface area (Å²) >= 11 is 3.81. The predicted molar refractivity (Wildman–Crippen MR) is 78.8 cm³/mol. The van der Waals surface area contributed by atoms with Gasteiger partial charge in [0.2, 0.25) is 0 Å². The molecule has 1 aliphatic carbocycles. The lowest BCUT2D eigenvalue weighted by atomic mass is 9.81. The van der Waals surface area contributed by atoms with Gasteiger partial charge in [-0.05, 0) is 50.1 Å². The smallest absolute Gasteiger partial charge is 0.0100 e. The molecule has 2 fully saturated rings. The van der Waals surface area contributed by atoms with Crippen molar-refractivity contribution >= 4 is 15.9 Å². The van der Waals surface area contributed by atoms with Gasteiger partial charge in [0.15, 0.2) is 0 Å². The molecule has 0 spiro atoms. The Morgan fingerprint density at radius 2 is 1.65 bits per heavy atom. The minimum atomic E-state index is 0.594. The van der Waals surface area contributed by atoms with E-state index in [4.69, 9.17) is 0 Å². The van der Waals surface area contributed by atoms with Crippen molar-refractivity contribution in [3.8, 4) is 0 Å². The molecule has 0 amide bonds. The van der Waals surface area contributed by atoms with Crippen LogP contribution in [-0.4, -0.2) is 29.9 Å². The Morgan fingerprint density at radius 3 is 2.18 bits per heavy atom. The van der Waals surface area contributed by atoms with Crippen molar-refractivity contribution in [2.45, 2.75) is 58.3 Å². The van der Waals surface area contributed by atoms with E-state index in [1.54, 1.807) is 0 Å². The minimum Gasteiger partial charge on any atom is -0.303 e. The van der Waals surface area contributed by atoms with E-state index in [0.717, 1.165) is 5.92 Å². The standard InChI is InChI=1S/C15H28BrN/c1-14-6-10-17(11-7-14)13-15(12-16)8-4-2-3-5-9-15/h14H,2-13H2,1H3. The fraction of sp³-hybridized carbons (Fsp3) is 1.00. The number of likely N-dealkylation sites (tertiary alicyclic amines) is 1. The summed E-state index contributed by atoms with van der Waals surface area (Å²) in [6.07, 6.45) is 11.6. The number of rotatable bonds is 3. The summed E-state index contributed by atoms with van der Waals surface area (Å²) in [6.45, 7) is 6.44. The van der Waals surface area contributed by atoms with Crippen LogP contribution in [0, 0.1) is 11.3 Å². The van der Waals surface area contributed by atoms with Crippen molar-refractivity contribution in [3.05, 3.63) is 0 Å². The molecule has 0 aromatic carbocycles. The normalized spacial score (nSPS) is 27.9. The number of nitrogens with zero attached hydrogens (tertiary/aromatic N) is 1. The van der Waals surface area contributed by atoms with Crippen molar-refractivity contribution in [2.24, 2.45) is 11.3 Å². The molecule has 2 heteroatoms.